The van der Waals surface area contributed by atoms with Crippen LogP contribution in [0.2, 0.25) is 0 Å². The minimum Gasteiger partial charge on any atom is -0.496 e. The van der Waals surface area contributed by atoms with Gasteiger partial charge in [0.25, 0.3) is 0 Å². The maximum atomic E-state index is 13.4. The fourth-order valence-corrected chi connectivity index (χ4v) is 4.74. The van der Waals surface area contributed by atoms with Crippen LogP contribution in [0.4, 0.5) is 0 Å². The van der Waals surface area contributed by atoms with E-state index in [-0.39, 0.29) is 11.9 Å². The topological polar surface area (TPSA) is 54.5 Å². The lowest BCUT2D eigenvalue weighted by Crippen LogP contribution is -2.46. The molecule has 1 saturated heterocycles. The first-order valence-corrected chi connectivity index (χ1v) is 11.6. The van der Waals surface area contributed by atoms with Gasteiger partial charge in [-0.15, -0.1) is 0 Å². The van der Waals surface area contributed by atoms with Gasteiger partial charge in [0.2, 0.25) is 5.91 Å². The number of ether oxygens (including phenoxy) is 1. The van der Waals surface area contributed by atoms with Crippen molar-refractivity contribution in [1.29, 1.82) is 0 Å². The lowest BCUT2D eigenvalue weighted by atomic mass is 9.79. The zero-order valence-electron chi connectivity index (χ0n) is 19.8. The number of aromatic nitrogens is 1. The number of hydrogen-bond acceptors (Lipinski definition) is 4. The number of benzene rings is 2. The quantitative estimate of drug-likeness (QED) is 0.548. The van der Waals surface area contributed by atoms with Crippen molar-refractivity contribution in [3.05, 3.63) is 84.2 Å². The van der Waals surface area contributed by atoms with Crippen molar-refractivity contribution in [2.45, 2.75) is 39.3 Å². The van der Waals surface area contributed by atoms with Crippen LogP contribution in [-0.4, -0.2) is 42.0 Å². The van der Waals surface area contributed by atoms with Crippen LogP contribution >= 0.6 is 0 Å². The van der Waals surface area contributed by atoms with Crippen molar-refractivity contribution in [3.63, 3.8) is 0 Å². The molecule has 2 aromatic carbocycles. The number of nitrogens with one attached hydrogen (secondary N) is 1. The molecule has 5 heteroatoms. The van der Waals surface area contributed by atoms with Gasteiger partial charge >= 0.3 is 0 Å². The second-order valence-corrected chi connectivity index (χ2v) is 9.30. The summed E-state index contributed by atoms with van der Waals surface area (Å²) >= 11 is 0. The molecule has 1 fully saturated rings. The molecule has 1 aliphatic heterocycles. The highest BCUT2D eigenvalue weighted by Gasteiger charge is 2.44. The number of pyridine rings is 1. The lowest BCUT2D eigenvalue weighted by Gasteiger charge is -2.30. The van der Waals surface area contributed by atoms with Gasteiger partial charge in [-0.25, -0.2) is 0 Å². The van der Waals surface area contributed by atoms with Crippen LogP contribution < -0.4 is 10.1 Å². The number of nitrogens with zero attached hydrogens (tertiary/aromatic N) is 2. The van der Waals surface area contributed by atoms with E-state index in [9.17, 15) is 4.79 Å². The molecule has 4 rings (SSSR count). The fourth-order valence-electron chi connectivity index (χ4n) is 4.74. The van der Waals surface area contributed by atoms with E-state index in [2.05, 4.69) is 51.6 Å². The number of carbonyl (C=O) groups excluding carboxylic acids is 1. The van der Waals surface area contributed by atoms with Crippen molar-refractivity contribution in [2.24, 2.45) is 5.41 Å². The minimum absolute atomic E-state index is 0.120. The monoisotopic (exact) mass is 443 g/mol. The average molecular weight is 444 g/mol. The second-order valence-electron chi connectivity index (χ2n) is 9.30. The van der Waals surface area contributed by atoms with E-state index in [0.717, 1.165) is 49.4 Å². The van der Waals surface area contributed by atoms with E-state index in [4.69, 9.17) is 4.74 Å². The van der Waals surface area contributed by atoms with Gasteiger partial charge in [0, 0.05) is 37.1 Å². The van der Waals surface area contributed by atoms with Gasteiger partial charge in [0.05, 0.1) is 12.5 Å². The number of para-hydroxylation sites is 1. The third-order valence-electron chi connectivity index (χ3n) is 6.38. The molecule has 2 heterocycles. The van der Waals surface area contributed by atoms with Crippen molar-refractivity contribution >= 4 is 5.91 Å². The van der Waals surface area contributed by atoms with Crippen LogP contribution in [0.15, 0.2) is 73.1 Å². The van der Waals surface area contributed by atoms with Gasteiger partial charge in [-0.05, 0) is 62.1 Å². The number of rotatable bonds is 8. The fraction of sp³-hybridized carbons (Fsp3) is 0.357. The molecule has 1 aliphatic rings. The predicted molar refractivity (Wildman–Crippen MR) is 132 cm³/mol. The summed E-state index contributed by atoms with van der Waals surface area (Å²) in [6.45, 7) is 6.51. The Balaban J connectivity index is 1.54. The van der Waals surface area contributed by atoms with Crippen LogP contribution in [0.25, 0.3) is 11.1 Å². The smallest absolute Gasteiger partial charge is 0.228 e. The molecule has 1 atom stereocenters. The normalized spacial score (nSPS) is 18.4. The molecule has 1 aromatic heterocycles. The summed E-state index contributed by atoms with van der Waals surface area (Å²) < 4.78 is 5.52. The molecule has 1 unspecified atom stereocenters. The lowest BCUT2D eigenvalue weighted by molar-refractivity contribution is -0.131. The Bertz CT molecular complexity index is 1070. The Kier molecular flexibility index (Phi) is 7.09. The summed E-state index contributed by atoms with van der Waals surface area (Å²) in [5.74, 6) is 1.01. The third-order valence-corrected chi connectivity index (χ3v) is 6.38. The molecular formula is C28H33N3O2. The third kappa shape index (κ3) is 5.42. The van der Waals surface area contributed by atoms with E-state index < -0.39 is 5.41 Å². The minimum atomic E-state index is -0.432. The maximum Gasteiger partial charge on any atom is 0.228 e. The van der Waals surface area contributed by atoms with E-state index in [0.29, 0.717) is 0 Å². The highest BCUT2D eigenvalue weighted by Crippen LogP contribution is 2.37. The molecule has 1 amide bonds. The van der Waals surface area contributed by atoms with E-state index >= 15 is 0 Å². The molecule has 0 radical (unpaired) electrons. The Labute approximate surface area is 196 Å². The molecule has 0 aliphatic carbocycles. The molecule has 0 bridgehead atoms. The number of methoxy groups -OCH3 is 1. The summed E-state index contributed by atoms with van der Waals surface area (Å²) in [6.07, 6.45) is 5.27. The zero-order chi connectivity index (χ0) is 23.3. The molecule has 0 spiro atoms. The van der Waals surface area contributed by atoms with Gasteiger partial charge in [0.1, 0.15) is 5.75 Å². The van der Waals surface area contributed by atoms with Crippen molar-refractivity contribution in [1.82, 2.24) is 15.2 Å². The summed E-state index contributed by atoms with van der Waals surface area (Å²) in [7, 11) is 1.70. The van der Waals surface area contributed by atoms with Gasteiger partial charge in [-0.3, -0.25) is 14.7 Å². The van der Waals surface area contributed by atoms with Gasteiger partial charge in [0.15, 0.2) is 0 Å². The largest absolute Gasteiger partial charge is 0.496 e. The zero-order valence-corrected chi connectivity index (χ0v) is 19.8. The molecule has 0 saturated carbocycles. The number of hydrogen-bond donors (Lipinski definition) is 1. The molecule has 172 valence electrons. The van der Waals surface area contributed by atoms with Crippen LogP contribution in [0.1, 0.15) is 31.4 Å². The standard InChI is InChI=1S/C28H33N3O2/c1-21(2)30-27(32)28(14-16-31(20-28)19-23-7-6-15-29-18-23)17-22-10-12-24(13-11-22)25-8-4-5-9-26(25)33-3/h4-13,15,18,21H,14,16-17,19-20H2,1-3H3,(H,30,32). The Morgan fingerprint density at radius 1 is 1.09 bits per heavy atom. The summed E-state index contributed by atoms with van der Waals surface area (Å²) in [5.41, 5.74) is 4.11. The van der Waals surface area contributed by atoms with Crippen LogP contribution in [0, 0.1) is 5.41 Å². The van der Waals surface area contributed by atoms with Crippen LogP contribution in [0.3, 0.4) is 0 Å². The Morgan fingerprint density at radius 2 is 1.88 bits per heavy atom. The van der Waals surface area contributed by atoms with Crippen molar-refractivity contribution in [3.8, 4) is 16.9 Å². The van der Waals surface area contributed by atoms with E-state index in [1.165, 1.54) is 11.1 Å². The maximum absolute atomic E-state index is 13.4. The van der Waals surface area contributed by atoms with Gasteiger partial charge < -0.3 is 10.1 Å². The molecular weight excluding hydrogens is 410 g/mol. The van der Waals surface area contributed by atoms with Crippen molar-refractivity contribution in [2.75, 3.05) is 20.2 Å². The second kappa shape index (κ2) is 10.2. The molecule has 33 heavy (non-hydrogen) atoms. The van der Waals surface area contributed by atoms with Crippen molar-refractivity contribution < 1.29 is 9.53 Å². The Hall–Kier alpha value is -3.18. The summed E-state index contributed by atoms with van der Waals surface area (Å²) in [5, 5.41) is 3.19. The van der Waals surface area contributed by atoms with Crippen LogP contribution in [-0.2, 0) is 17.8 Å². The predicted octanol–water partition coefficient (Wildman–Crippen LogP) is 4.72. The number of likely N-dealkylation sites (tertiary alicyclic amines) is 1. The highest BCUT2D eigenvalue weighted by molar-refractivity contribution is 5.84. The first kappa shape index (κ1) is 23.0. The summed E-state index contributed by atoms with van der Waals surface area (Å²) in [4.78, 5) is 20.0. The first-order valence-electron chi connectivity index (χ1n) is 11.6. The van der Waals surface area contributed by atoms with Gasteiger partial charge in [-0.1, -0.05) is 48.5 Å². The van der Waals surface area contributed by atoms with Gasteiger partial charge in [-0.2, -0.15) is 0 Å². The first-order chi connectivity index (χ1) is 16.0. The molecule has 1 N–H and O–H groups in total. The molecule has 5 nitrogen and oxygen atoms in total. The summed E-state index contributed by atoms with van der Waals surface area (Å²) in [6, 6.07) is 20.8. The molecule has 3 aromatic rings. The highest BCUT2D eigenvalue weighted by atomic mass is 16.5. The van der Waals surface area contributed by atoms with E-state index in [1.54, 1.807) is 13.3 Å². The Morgan fingerprint density at radius 3 is 2.58 bits per heavy atom. The van der Waals surface area contributed by atoms with E-state index in [1.807, 2.05) is 44.3 Å². The number of carbonyl (C=O) groups is 1. The van der Waals surface area contributed by atoms with Crippen LogP contribution in [0.5, 0.6) is 5.75 Å². The average Bonchev–Trinajstić information content (AvgIpc) is 3.23. The SMILES string of the molecule is COc1ccccc1-c1ccc(CC2(C(=O)NC(C)C)CCN(Cc3cccnc3)C2)cc1. The number of amides is 1.